The fourth-order valence-electron chi connectivity index (χ4n) is 3.21. The van der Waals surface area contributed by atoms with Crippen molar-refractivity contribution in [1.29, 1.82) is 0 Å². The second kappa shape index (κ2) is 4.06. The molecule has 0 amide bonds. The highest BCUT2D eigenvalue weighted by Gasteiger charge is 2.49. The number of ether oxygens (including phenoxy) is 1. The van der Waals surface area contributed by atoms with E-state index in [0.29, 0.717) is 17.6 Å². The summed E-state index contributed by atoms with van der Waals surface area (Å²) in [7, 11) is 1.83. The number of nitrogens with one attached hydrogen (secondary N) is 1. The van der Waals surface area contributed by atoms with Gasteiger partial charge < -0.3 is 10.1 Å². The molecule has 2 aliphatic carbocycles. The molecule has 0 heterocycles. The van der Waals surface area contributed by atoms with Gasteiger partial charge in [-0.3, -0.25) is 0 Å². The molecular weight excluding hydrogens is 186 g/mol. The van der Waals surface area contributed by atoms with Gasteiger partial charge in [0.25, 0.3) is 0 Å². The first kappa shape index (κ1) is 11.4. The minimum Gasteiger partial charge on any atom is -0.381 e. The van der Waals surface area contributed by atoms with Crippen molar-refractivity contribution in [2.45, 2.75) is 64.6 Å². The van der Waals surface area contributed by atoms with Gasteiger partial charge in [0.1, 0.15) is 0 Å². The normalized spacial score (nSPS) is 44.0. The molecule has 2 saturated carbocycles. The molecule has 0 radical (unpaired) electrons. The van der Waals surface area contributed by atoms with E-state index < -0.39 is 0 Å². The van der Waals surface area contributed by atoms with Crippen molar-refractivity contribution in [3.05, 3.63) is 0 Å². The van der Waals surface area contributed by atoms with Crippen molar-refractivity contribution in [3.8, 4) is 0 Å². The highest BCUT2D eigenvalue weighted by atomic mass is 16.5. The van der Waals surface area contributed by atoms with Crippen LogP contribution in [0.2, 0.25) is 0 Å². The Morgan fingerprint density at radius 1 is 1.20 bits per heavy atom. The van der Waals surface area contributed by atoms with E-state index in [1.165, 1.54) is 25.7 Å². The molecule has 1 N–H and O–H groups in total. The third-order valence-electron chi connectivity index (χ3n) is 4.59. The zero-order valence-corrected chi connectivity index (χ0v) is 10.5. The van der Waals surface area contributed by atoms with E-state index in [2.05, 4.69) is 26.1 Å². The molecule has 4 atom stereocenters. The second-order valence-electron chi connectivity index (χ2n) is 6.12. The summed E-state index contributed by atoms with van der Waals surface area (Å²) in [5, 5.41) is 3.82. The molecule has 0 aromatic rings. The Balaban J connectivity index is 1.82. The van der Waals surface area contributed by atoms with Crippen LogP contribution in [0.25, 0.3) is 0 Å². The van der Waals surface area contributed by atoms with E-state index >= 15 is 0 Å². The Kier molecular flexibility index (Phi) is 3.09. The van der Waals surface area contributed by atoms with Gasteiger partial charge in [-0.2, -0.15) is 0 Å². The van der Waals surface area contributed by atoms with Gasteiger partial charge in [-0.05, 0) is 31.6 Å². The van der Waals surface area contributed by atoms with Crippen LogP contribution in [0.1, 0.15) is 46.5 Å². The number of hydrogen-bond donors (Lipinski definition) is 1. The van der Waals surface area contributed by atoms with E-state index in [4.69, 9.17) is 4.74 Å². The molecule has 2 heteroatoms. The largest absolute Gasteiger partial charge is 0.381 e. The van der Waals surface area contributed by atoms with Gasteiger partial charge in [0.2, 0.25) is 0 Å². The van der Waals surface area contributed by atoms with Crippen LogP contribution in [0, 0.1) is 11.3 Å². The van der Waals surface area contributed by atoms with E-state index in [9.17, 15) is 0 Å². The minimum absolute atomic E-state index is 0.320. The van der Waals surface area contributed by atoms with E-state index in [1.54, 1.807) is 0 Å². The molecule has 0 spiro atoms. The summed E-state index contributed by atoms with van der Waals surface area (Å²) in [6, 6.07) is 1.43. The van der Waals surface area contributed by atoms with Crippen molar-refractivity contribution < 1.29 is 4.74 Å². The molecule has 0 aliphatic heterocycles. The zero-order chi connectivity index (χ0) is 11.1. The molecule has 0 aromatic heterocycles. The summed E-state index contributed by atoms with van der Waals surface area (Å²) in [5.74, 6) is 0.920. The first-order chi connectivity index (χ1) is 7.04. The molecule has 2 fully saturated rings. The summed E-state index contributed by atoms with van der Waals surface area (Å²) in [6.07, 6.45) is 5.77. The first-order valence-corrected chi connectivity index (χ1v) is 6.33. The van der Waals surface area contributed by atoms with Crippen molar-refractivity contribution in [2.75, 3.05) is 7.11 Å². The smallest absolute Gasteiger partial charge is 0.0652 e. The summed E-state index contributed by atoms with van der Waals surface area (Å²) < 4.78 is 5.48. The highest BCUT2D eigenvalue weighted by molar-refractivity contribution is 5.04. The van der Waals surface area contributed by atoms with Gasteiger partial charge >= 0.3 is 0 Å². The number of hydrogen-bond acceptors (Lipinski definition) is 2. The lowest BCUT2D eigenvalue weighted by Crippen LogP contribution is -2.62. The number of methoxy groups -OCH3 is 1. The average molecular weight is 211 g/mol. The molecule has 2 nitrogen and oxygen atoms in total. The van der Waals surface area contributed by atoms with Crippen molar-refractivity contribution >= 4 is 0 Å². The van der Waals surface area contributed by atoms with Crippen LogP contribution in [-0.4, -0.2) is 25.3 Å². The second-order valence-corrected chi connectivity index (χ2v) is 6.12. The van der Waals surface area contributed by atoms with E-state index in [-0.39, 0.29) is 0 Å². The van der Waals surface area contributed by atoms with Gasteiger partial charge in [0, 0.05) is 24.6 Å². The van der Waals surface area contributed by atoms with Gasteiger partial charge in [0.15, 0.2) is 0 Å². The van der Waals surface area contributed by atoms with Crippen LogP contribution in [-0.2, 0) is 4.74 Å². The molecular formula is C13H25NO. The zero-order valence-electron chi connectivity index (χ0n) is 10.5. The molecule has 4 unspecified atom stereocenters. The standard InChI is InChI=1S/C13H25NO/c1-9-5-6-10(7-9)14-11-8-12(15-4)13(11,2)3/h9-12,14H,5-8H2,1-4H3. The maximum absolute atomic E-state index is 5.48. The summed E-state index contributed by atoms with van der Waals surface area (Å²) in [4.78, 5) is 0. The van der Waals surface area contributed by atoms with Crippen molar-refractivity contribution in [2.24, 2.45) is 11.3 Å². The Bertz CT molecular complexity index is 227. The van der Waals surface area contributed by atoms with Crippen LogP contribution in [0.15, 0.2) is 0 Å². The average Bonchev–Trinajstić information content (AvgIpc) is 2.58. The molecule has 0 bridgehead atoms. The maximum atomic E-state index is 5.48. The molecule has 0 saturated heterocycles. The third kappa shape index (κ3) is 2.07. The maximum Gasteiger partial charge on any atom is 0.0652 e. The SMILES string of the molecule is COC1CC(NC2CCC(C)C2)C1(C)C. The summed E-state index contributed by atoms with van der Waals surface area (Å²) >= 11 is 0. The van der Waals surface area contributed by atoms with Gasteiger partial charge in [-0.1, -0.05) is 20.8 Å². The van der Waals surface area contributed by atoms with Gasteiger partial charge in [0.05, 0.1) is 6.10 Å². The fraction of sp³-hybridized carbons (Fsp3) is 1.00. The summed E-state index contributed by atoms with van der Waals surface area (Å²) in [5.41, 5.74) is 0.320. The minimum atomic E-state index is 0.320. The first-order valence-electron chi connectivity index (χ1n) is 6.33. The number of rotatable bonds is 3. The van der Waals surface area contributed by atoms with Gasteiger partial charge in [-0.15, -0.1) is 0 Å². The molecule has 2 rings (SSSR count). The van der Waals surface area contributed by atoms with E-state index in [1.807, 2.05) is 7.11 Å². The van der Waals surface area contributed by atoms with Crippen molar-refractivity contribution in [1.82, 2.24) is 5.32 Å². The monoisotopic (exact) mass is 211 g/mol. The lowest BCUT2D eigenvalue weighted by Gasteiger charge is -2.52. The molecule has 15 heavy (non-hydrogen) atoms. The predicted octanol–water partition coefficient (Wildman–Crippen LogP) is 2.58. The Labute approximate surface area is 93.8 Å². The van der Waals surface area contributed by atoms with Crippen LogP contribution in [0.3, 0.4) is 0 Å². The lowest BCUT2D eigenvalue weighted by molar-refractivity contribution is -0.100. The topological polar surface area (TPSA) is 21.3 Å². The molecule has 2 aliphatic rings. The van der Waals surface area contributed by atoms with Crippen molar-refractivity contribution in [3.63, 3.8) is 0 Å². The van der Waals surface area contributed by atoms with Crippen LogP contribution >= 0.6 is 0 Å². The van der Waals surface area contributed by atoms with Crippen LogP contribution < -0.4 is 5.32 Å². The molecule has 0 aromatic carbocycles. The van der Waals surface area contributed by atoms with Gasteiger partial charge in [-0.25, -0.2) is 0 Å². The highest BCUT2D eigenvalue weighted by Crippen LogP contribution is 2.43. The molecule has 88 valence electrons. The lowest BCUT2D eigenvalue weighted by atomic mass is 9.64. The Morgan fingerprint density at radius 2 is 1.93 bits per heavy atom. The Morgan fingerprint density at radius 3 is 2.40 bits per heavy atom. The predicted molar refractivity (Wildman–Crippen MR) is 62.9 cm³/mol. The quantitative estimate of drug-likeness (QED) is 0.774. The third-order valence-corrected chi connectivity index (χ3v) is 4.59. The Hall–Kier alpha value is -0.0800. The fourth-order valence-corrected chi connectivity index (χ4v) is 3.21. The van der Waals surface area contributed by atoms with Crippen LogP contribution in [0.4, 0.5) is 0 Å². The summed E-state index contributed by atoms with van der Waals surface area (Å²) in [6.45, 7) is 7.01. The van der Waals surface area contributed by atoms with Crippen LogP contribution in [0.5, 0.6) is 0 Å². The van der Waals surface area contributed by atoms with E-state index in [0.717, 1.165) is 12.0 Å².